The van der Waals surface area contributed by atoms with Crippen LogP contribution in [0, 0.1) is 6.92 Å². The molecule has 0 aliphatic carbocycles. The molecule has 2 rings (SSSR count). The van der Waals surface area contributed by atoms with Crippen molar-refractivity contribution >= 4 is 15.7 Å². The summed E-state index contributed by atoms with van der Waals surface area (Å²) in [6, 6.07) is 4.72. The molecule has 0 amide bonds. The molecule has 6 heteroatoms. The lowest BCUT2D eigenvalue weighted by atomic mass is 10.1. The molecule has 1 unspecified atom stereocenters. The molecule has 0 radical (unpaired) electrons. The number of nitrogens with one attached hydrogen (secondary N) is 1. The Morgan fingerprint density at radius 1 is 1.42 bits per heavy atom. The van der Waals surface area contributed by atoms with Crippen LogP contribution >= 0.6 is 0 Å². The van der Waals surface area contributed by atoms with Crippen molar-refractivity contribution in [1.29, 1.82) is 0 Å². The zero-order valence-corrected chi connectivity index (χ0v) is 11.9. The highest BCUT2D eigenvalue weighted by Crippen LogP contribution is 2.17. The lowest BCUT2D eigenvalue weighted by Crippen LogP contribution is -2.35. The van der Waals surface area contributed by atoms with Crippen molar-refractivity contribution in [3.8, 4) is 0 Å². The fraction of sp³-hybridized carbons (Fsp3) is 0.538. The molecule has 0 saturated carbocycles. The number of sulfonamides is 1. The summed E-state index contributed by atoms with van der Waals surface area (Å²) in [5.74, 6) is 0. The SMILES string of the molecule is Cc1cc(S(=O)(=O)NCC2CCCCO2)ccc1N. The van der Waals surface area contributed by atoms with E-state index < -0.39 is 10.0 Å². The van der Waals surface area contributed by atoms with E-state index in [2.05, 4.69) is 4.72 Å². The maximum atomic E-state index is 12.1. The zero-order valence-electron chi connectivity index (χ0n) is 11.1. The Balaban J connectivity index is 2.02. The summed E-state index contributed by atoms with van der Waals surface area (Å²) in [4.78, 5) is 0.245. The highest BCUT2D eigenvalue weighted by molar-refractivity contribution is 7.89. The van der Waals surface area contributed by atoms with Crippen molar-refractivity contribution in [2.24, 2.45) is 0 Å². The average Bonchev–Trinajstić information content (AvgIpc) is 2.41. The largest absolute Gasteiger partial charge is 0.399 e. The van der Waals surface area contributed by atoms with Crippen molar-refractivity contribution in [1.82, 2.24) is 4.72 Å². The average molecular weight is 284 g/mol. The third-order valence-electron chi connectivity index (χ3n) is 3.33. The molecule has 1 saturated heterocycles. The molecule has 106 valence electrons. The molecule has 1 aromatic rings. The summed E-state index contributed by atoms with van der Waals surface area (Å²) >= 11 is 0. The molecule has 5 nitrogen and oxygen atoms in total. The van der Waals surface area contributed by atoms with Gasteiger partial charge in [0.15, 0.2) is 0 Å². The minimum atomic E-state index is -3.48. The molecule has 1 heterocycles. The second-order valence-electron chi connectivity index (χ2n) is 4.86. The second kappa shape index (κ2) is 5.90. The van der Waals surface area contributed by atoms with E-state index in [1.807, 2.05) is 0 Å². The number of benzene rings is 1. The number of aryl methyl sites for hydroxylation is 1. The van der Waals surface area contributed by atoms with Crippen LogP contribution in [-0.4, -0.2) is 27.7 Å². The van der Waals surface area contributed by atoms with E-state index in [1.165, 1.54) is 6.07 Å². The minimum Gasteiger partial charge on any atom is -0.399 e. The summed E-state index contributed by atoms with van der Waals surface area (Å²) in [6.45, 7) is 2.83. The Morgan fingerprint density at radius 2 is 2.21 bits per heavy atom. The number of rotatable bonds is 4. The van der Waals surface area contributed by atoms with Crippen LogP contribution in [0.1, 0.15) is 24.8 Å². The maximum absolute atomic E-state index is 12.1. The molecular formula is C13H20N2O3S. The Hall–Kier alpha value is -1.11. The fourth-order valence-electron chi connectivity index (χ4n) is 2.07. The van der Waals surface area contributed by atoms with Crippen molar-refractivity contribution in [2.45, 2.75) is 37.2 Å². The van der Waals surface area contributed by atoms with Gasteiger partial charge in [0, 0.05) is 18.8 Å². The standard InChI is InChI=1S/C13H20N2O3S/c1-10-8-12(5-6-13(10)14)19(16,17)15-9-11-4-2-3-7-18-11/h5-6,8,11,15H,2-4,7,9,14H2,1H3. The van der Waals surface area contributed by atoms with Crippen LogP contribution in [0.5, 0.6) is 0 Å². The minimum absolute atomic E-state index is 0.0154. The Kier molecular flexibility index (Phi) is 4.44. The predicted octanol–water partition coefficient (Wildman–Crippen LogP) is 1.42. The topological polar surface area (TPSA) is 81.4 Å². The Labute approximate surface area is 114 Å². The van der Waals surface area contributed by atoms with Gasteiger partial charge in [-0.1, -0.05) is 0 Å². The van der Waals surface area contributed by atoms with Crippen molar-refractivity contribution in [3.63, 3.8) is 0 Å². The third-order valence-corrected chi connectivity index (χ3v) is 4.75. The quantitative estimate of drug-likeness (QED) is 0.819. The molecule has 1 aromatic carbocycles. The van der Waals surface area contributed by atoms with Gasteiger partial charge in [-0.05, 0) is 49.9 Å². The van der Waals surface area contributed by atoms with Gasteiger partial charge in [0.2, 0.25) is 10.0 Å². The van der Waals surface area contributed by atoms with Crippen LogP contribution in [0.25, 0.3) is 0 Å². The highest BCUT2D eigenvalue weighted by Gasteiger charge is 2.19. The Bertz CT molecular complexity index is 537. The first-order valence-electron chi connectivity index (χ1n) is 6.46. The summed E-state index contributed by atoms with van der Waals surface area (Å²) in [6.07, 6.45) is 3.04. The molecule has 1 fully saturated rings. The normalized spacial score (nSPS) is 20.4. The van der Waals surface area contributed by atoms with Gasteiger partial charge in [-0.2, -0.15) is 0 Å². The van der Waals surface area contributed by atoms with Gasteiger partial charge in [0.1, 0.15) is 0 Å². The van der Waals surface area contributed by atoms with Gasteiger partial charge in [-0.15, -0.1) is 0 Å². The van der Waals surface area contributed by atoms with Gasteiger partial charge in [0.25, 0.3) is 0 Å². The first-order valence-corrected chi connectivity index (χ1v) is 7.95. The van der Waals surface area contributed by atoms with Crippen LogP contribution in [0.3, 0.4) is 0 Å². The molecular weight excluding hydrogens is 264 g/mol. The zero-order chi connectivity index (χ0) is 13.9. The smallest absolute Gasteiger partial charge is 0.240 e. The van der Waals surface area contributed by atoms with Gasteiger partial charge in [-0.25, -0.2) is 13.1 Å². The summed E-state index contributed by atoms with van der Waals surface area (Å²) in [7, 11) is -3.48. The van der Waals surface area contributed by atoms with Crippen LogP contribution in [-0.2, 0) is 14.8 Å². The van der Waals surface area contributed by atoms with Crippen molar-refractivity contribution in [2.75, 3.05) is 18.9 Å². The lowest BCUT2D eigenvalue weighted by Gasteiger charge is -2.22. The number of ether oxygens (including phenoxy) is 1. The van der Waals surface area contributed by atoms with E-state index in [4.69, 9.17) is 10.5 Å². The first-order chi connectivity index (χ1) is 8.99. The summed E-state index contributed by atoms with van der Waals surface area (Å²) in [5, 5.41) is 0. The molecule has 0 aromatic heterocycles. The van der Waals surface area contributed by atoms with E-state index in [1.54, 1.807) is 19.1 Å². The maximum Gasteiger partial charge on any atom is 0.240 e. The number of nitrogens with two attached hydrogens (primary N) is 1. The Morgan fingerprint density at radius 3 is 2.84 bits per heavy atom. The number of hydrogen-bond acceptors (Lipinski definition) is 4. The van der Waals surface area contributed by atoms with Gasteiger partial charge in [-0.3, -0.25) is 0 Å². The van der Waals surface area contributed by atoms with E-state index in [0.29, 0.717) is 18.8 Å². The van der Waals surface area contributed by atoms with Gasteiger partial charge >= 0.3 is 0 Å². The van der Waals surface area contributed by atoms with Crippen molar-refractivity contribution < 1.29 is 13.2 Å². The number of hydrogen-bond donors (Lipinski definition) is 2. The van der Waals surface area contributed by atoms with Crippen LogP contribution in [0.2, 0.25) is 0 Å². The number of nitrogen functional groups attached to an aromatic ring is 1. The van der Waals surface area contributed by atoms with E-state index in [0.717, 1.165) is 24.8 Å². The second-order valence-corrected chi connectivity index (χ2v) is 6.63. The number of anilines is 1. The first kappa shape index (κ1) is 14.3. The van der Waals surface area contributed by atoms with E-state index >= 15 is 0 Å². The highest BCUT2D eigenvalue weighted by atomic mass is 32.2. The third kappa shape index (κ3) is 3.68. The molecule has 1 atom stereocenters. The summed E-state index contributed by atoms with van der Waals surface area (Å²) in [5.41, 5.74) is 7.04. The molecule has 1 aliphatic heterocycles. The fourth-order valence-corrected chi connectivity index (χ4v) is 3.22. The van der Waals surface area contributed by atoms with Crippen LogP contribution in [0.4, 0.5) is 5.69 Å². The van der Waals surface area contributed by atoms with Crippen LogP contribution in [0.15, 0.2) is 23.1 Å². The molecule has 19 heavy (non-hydrogen) atoms. The van der Waals surface area contributed by atoms with Crippen molar-refractivity contribution in [3.05, 3.63) is 23.8 Å². The van der Waals surface area contributed by atoms with Gasteiger partial charge < -0.3 is 10.5 Å². The lowest BCUT2D eigenvalue weighted by molar-refractivity contribution is 0.0200. The monoisotopic (exact) mass is 284 g/mol. The summed E-state index contributed by atoms with van der Waals surface area (Å²) < 4.78 is 32.4. The molecule has 1 aliphatic rings. The van der Waals surface area contributed by atoms with Gasteiger partial charge in [0.05, 0.1) is 11.0 Å². The van der Waals surface area contributed by atoms with E-state index in [-0.39, 0.29) is 11.0 Å². The molecule has 3 N–H and O–H groups in total. The molecule has 0 bridgehead atoms. The molecule has 0 spiro atoms. The van der Waals surface area contributed by atoms with Crippen LogP contribution < -0.4 is 10.5 Å². The van der Waals surface area contributed by atoms with E-state index in [9.17, 15) is 8.42 Å². The predicted molar refractivity (Wildman–Crippen MR) is 74.4 cm³/mol.